The molecule has 6 nitrogen and oxygen atoms in total. The third kappa shape index (κ3) is 4.15. The number of allylic oxidation sites excluding steroid dienone is 1. The van der Waals surface area contributed by atoms with Gasteiger partial charge >= 0.3 is 0 Å². The molecule has 0 saturated carbocycles. The van der Waals surface area contributed by atoms with Gasteiger partial charge in [0.25, 0.3) is 11.8 Å². The predicted octanol–water partition coefficient (Wildman–Crippen LogP) is 3.53. The molecule has 6 heteroatoms. The van der Waals surface area contributed by atoms with Crippen LogP contribution in [0, 0.1) is 6.92 Å². The van der Waals surface area contributed by atoms with Gasteiger partial charge in [-0.05, 0) is 49.2 Å². The summed E-state index contributed by atoms with van der Waals surface area (Å²) < 4.78 is 11.8. The molecule has 1 fully saturated rings. The molecular weight excluding hydrogens is 392 g/mol. The number of nitrogens with one attached hydrogen (secondary N) is 1. The van der Waals surface area contributed by atoms with Gasteiger partial charge in [0.05, 0.1) is 19.2 Å². The van der Waals surface area contributed by atoms with Crippen LogP contribution in [0.15, 0.2) is 49.1 Å². The minimum absolute atomic E-state index is 0.00324. The SMILES string of the molecule is C=CCc1cc(C(=O)N2CCC3(CC2)CNC(=O)c2cc(C)ccc2O3)ccc1OC. The fourth-order valence-corrected chi connectivity index (χ4v) is 4.32. The first-order valence-electron chi connectivity index (χ1n) is 10.6. The Balaban J connectivity index is 1.49. The van der Waals surface area contributed by atoms with E-state index in [1.165, 1.54) is 0 Å². The van der Waals surface area contributed by atoms with Crippen LogP contribution in [0.4, 0.5) is 0 Å². The Hall–Kier alpha value is -3.28. The normalized spacial score (nSPS) is 17.2. The first-order chi connectivity index (χ1) is 14.9. The molecule has 0 aromatic heterocycles. The van der Waals surface area contributed by atoms with Crippen LogP contribution in [0.1, 0.15) is 44.7 Å². The van der Waals surface area contributed by atoms with Crippen molar-refractivity contribution >= 4 is 11.8 Å². The predicted molar refractivity (Wildman–Crippen MR) is 119 cm³/mol. The molecule has 1 N–H and O–H groups in total. The van der Waals surface area contributed by atoms with Crippen molar-refractivity contribution in [3.63, 3.8) is 0 Å². The van der Waals surface area contributed by atoms with Crippen LogP contribution >= 0.6 is 0 Å². The Bertz CT molecular complexity index is 1020. The van der Waals surface area contributed by atoms with Crippen LogP contribution in [0.5, 0.6) is 11.5 Å². The number of piperidine rings is 1. The van der Waals surface area contributed by atoms with Gasteiger partial charge in [-0.1, -0.05) is 17.7 Å². The number of methoxy groups -OCH3 is 1. The molecule has 4 rings (SSSR count). The van der Waals surface area contributed by atoms with Crippen molar-refractivity contribution < 1.29 is 19.1 Å². The Morgan fingerprint density at radius 2 is 2.03 bits per heavy atom. The Kier molecular flexibility index (Phi) is 5.72. The molecule has 2 aromatic carbocycles. The number of hydrogen-bond donors (Lipinski definition) is 1. The van der Waals surface area contributed by atoms with Crippen molar-refractivity contribution in [1.29, 1.82) is 0 Å². The summed E-state index contributed by atoms with van der Waals surface area (Å²) in [5.41, 5.74) is 2.68. The lowest BCUT2D eigenvalue weighted by Crippen LogP contribution is -2.54. The van der Waals surface area contributed by atoms with Crippen molar-refractivity contribution in [3.05, 3.63) is 71.3 Å². The molecule has 2 aliphatic rings. The molecule has 162 valence electrons. The molecule has 2 amide bonds. The highest BCUT2D eigenvalue weighted by Crippen LogP contribution is 2.34. The fourth-order valence-electron chi connectivity index (χ4n) is 4.32. The third-order valence-corrected chi connectivity index (χ3v) is 6.13. The number of amides is 2. The molecule has 1 saturated heterocycles. The third-order valence-electron chi connectivity index (χ3n) is 6.13. The van der Waals surface area contributed by atoms with Gasteiger partial charge < -0.3 is 19.7 Å². The molecular formula is C25H28N2O4. The average Bonchev–Trinajstić information content (AvgIpc) is 2.91. The smallest absolute Gasteiger partial charge is 0.255 e. The van der Waals surface area contributed by atoms with Crippen LogP contribution in [0.2, 0.25) is 0 Å². The Labute approximate surface area is 182 Å². The number of ether oxygens (including phenoxy) is 2. The molecule has 0 bridgehead atoms. The number of aryl methyl sites for hydroxylation is 1. The summed E-state index contributed by atoms with van der Waals surface area (Å²) in [6.45, 7) is 7.31. The number of carbonyl (C=O) groups is 2. The summed E-state index contributed by atoms with van der Waals surface area (Å²) in [5.74, 6) is 1.26. The number of benzene rings is 2. The highest BCUT2D eigenvalue weighted by atomic mass is 16.5. The van der Waals surface area contributed by atoms with Crippen molar-refractivity contribution in [2.75, 3.05) is 26.7 Å². The first-order valence-corrected chi connectivity index (χ1v) is 10.6. The van der Waals surface area contributed by atoms with Crippen LogP contribution in [-0.2, 0) is 6.42 Å². The van der Waals surface area contributed by atoms with Crippen molar-refractivity contribution in [1.82, 2.24) is 10.2 Å². The van der Waals surface area contributed by atoms with Crippen molar-refractivity contribution in [2.45, 2.75) is 31.8 Å². The van der Waals surface area contributed by atoms with Crippen molar-refractivity contribution in [3.8, 4) is 11.5 Å². The van der Waals surface area contributed by atoms with E-state index in [-0.39, 0.29) is 11.8 Å². The molecule has 0 aliphatic carbocycles. The maximum atomic E-state index is 13.1. The van der Waals surface area contributed by atoms with E-state index in [2.05, 4.69) is 11.9 Å². The zero-order valence-electron chi connectivity index (χ0n) is 18.1. The monoisotopic (exact) mass is 420 g/mol. The average molecular weight is 421 g/mol. The summed E-state index contributed by atoms with van der Waals surface area (Å²) in [4.78, 5) is 27.5. The van der Waals surface area contributed by atoms with Crippen LogP contribution in [0.3, 0.4) is 0 Å². The molecule has 0 radical (unpaired) electrons. The number of fused-ring (bicyclic) bond motifs is 1. The summed E-state index contributed by atoms with van der Waals surface area (Å²) in [6, 6.07) is 11.2. The lowest BCUT2D eigenvalue weighted by molar-refractivity contribution is 0.00770. The largest absolute Gasteiger partial charge is 0.496 e. The van der Waals surface area contributed by atoms with E-state index in [4.69, 9.17) is 9.47 Å². The first kappa shape index (κ1) is 21.0. The van der Waals surface area contributed by atoms with Crippen molar-refractivity contribution in [2.24, 2.45) is 0 Å². The highest BCUT2D eigenvalue weighted by Gasteiger charge is 2.41. The molecule has 2 aliphatic heterocycles. The van der Waals surface area contributed by atoms with E-state index in [9.17, 15) is 9.59 Å². The summed E-state index contributed by atoms with van der Waals surface area (Å²) in [7, 11) is 1.62. The number of carbonyl (C=O) groups excluding carboxylic acids is 2. The minimum atomic E-state index is -0.499. The number of hydrogen-bond acceptors (Lipinski definition) is 4. The van der Waals surface area contributed by atoms with Gasteiger partial charge in [-0.25, -0.2) is 0 Å². The molecule has 2 aromatic rings. The zero-order valence-corrected chi connectivity index (χ0v) is 18.1. The standard InChI is InChI=1S/C25H28N2O4/c1-4-5-18-15-19(7-9-21(18)30-3)24(29)27-12-10-25(11-13-27)16-26-23(28)20-14-17(2)6-8-22(20)31-25/h4,6-9,14-15H,1,5,10-13,16H2,2-3H3,(H,26,28). The van der Waals surface area contributed by atoms with E-state index in [0.29, 0.717) is 55.8 Å². The molecule has 2 heterocycles. The van der Waals surface area contributed by atoms with E-state index in [1.54, 1.807) is 19.3 Å². The summed E-state index contributed by atoms with van der Waals surface area (Å²) in [5, 5.41) is 3.01. The van der Waals surface area contributed by atoms with Gasteiger partial charge in [-0.2, -0.15) is 0 Å². The minimum Gasteiger partial charge on any atom is -0.496 e. The van der Waals surface area contributed by atoms with Crippen LogP contribution < -0.4 is 14.8 Å². The second kappa shape index (κ2) is 8.46. The number of likely N-dealkylation sites (tertiary alicyclic amines) is 1. The van der Waals surface area contributed by atoms with Crippen LogP contribution in [-0.4, -0.2) is 49.1 Å². The number of rotatable bonds is 4. The molecule has 1 spiro atoms. The topological polar surface area (TPSA) is 67.9 Å². The number of nitrogens with zero attached hydrogens (tertiary/aromatic N) is 1. The quantitative estimate of drug-likeness (QED) is 0.769. The van der Waals surface area contributed by atoms with E-state index in [1.807, 2.05) is 42.2 Å². The molecule has 0 unspecified atom stereocenters. The van der Waals surface area contributed by atoms with Gasteiger partial charge in [-0.3, -0.25) is 9.59 Å². The second-order valence-electron chi connectivity index (χ2n) is 8.28. The maximum absolute atomic E-state index is 13.1. The van der Waals surface area contributed by atoms with Gasteiger partial charge in [0.1, 0.15) is 17.1 Å². The fraction of sp³-hybridized carbons (Fsp3) is 0.360. The van der Waals surface area contributed by atoms with E-state index < -0.39 is 5.60 Å². The Morgan fingerprint density at radius 3 is 2.74 bits per heavy atom. The Morgan fingerprint density at radius 1 is 1.26 bits per heavy atom. The highest BCUT2D eigenvalue weighted by molar-refractivity contribution is 5.97. The summed E-state index contributed by atoms with van der Waals surface area (Å²) in [6.07, 6.45) is 3.75. The molecule has 0 atom stereocenters. The maximum Gasteiger partial charge on any atom is 0.255 e. The molecule has 31 heavy (non-hydrogen) atoms. The van der Waals surface area contributed by atoms with Gasteiger partial charge in [0, 0.05) is 31.5 Å². The van der Waals surface area contributed by atoms with Gasteiger partial charge in [-0.15, -0.1) is 6.58 Å². The van der Waals surface area contributed by atoms with Crippen LogP contribution in [0.25, 0.3) is 0 Å². The zero-order chi connectivity index (χ0) is 22.0. The van der Waals surface area contributed by atoms with Gasteiger partial charge in [0.2, 0.25) is 0 Å². The second-order valence-corrected chi connectivity index (χ2v) is 8.28. The van der Waals surface area contributed by atoms with E-state index in [0.717, 1.165) is 16.9 Å². The van der Waals surface area contributed by atoms with Gasteiger partial charge in [0.15, 0.2) is 0 Å². The lowest BCUT2D eigenvalue weighted by atomic mass is 9.90. The lowest BCUT2D eigenvalue weighted by Gasteiger charge is -2.41. The summed E-state index contributed by atoms with van der Waals surface area (Å²) >= 11 is 0. The van der Waals surface area contributed by atoms with E-state index >= 15 is 0 Å².